The van der Waals surface area contributed by atoms with Crippen molar-refractivity contribution in [3.05, 3.63) is 11.6 Å². The zero-order valence-electron chi connectivity index (χ0n) is 20.6. The Balaban J connectivity index is 5.20. The molecule has 0 saturated carbocycles. The molecule has 4 nitrogen and oxygen atoms in total. The van der Waals surface area contributed by atoms with Crippen LogP contribution < -0.4 is 0 Å². The van der Waals surface area contributed by atoms with Gasteiger partial charge in [-0.3, -0.25) is 0 Å². The molecule has 28 heavy (non-hydrogen) atoms. The molecule has 0 radical (unpaired) electrons. The van der Waals surface area contributed by atoms with Gasteiger partial charge in [-0.2, -0.15) is 0 Å². The topological polar surface area (TPSA) is 44.8 Å². The maximum atomic E-state index is 12.1. The highest BCUT2D eigenvalue weighted by Gasteiger charge is 2.38. The van der Waals surface area contributed by atoms with Crippen molar-refractivity contribution < 1.29 is 18.4 Å². The Labute approximate surface area is 176 Å². The van der Waals surface area contributed by atoms with E-state index in [0.29, 0.717) is 25.4 Å². The van der Waals surface area contributed by atoms with Crippen LogP contribution in [0.5, 0.6) is 0 Å². The first kappa shape index (κ1) is 27.6. The molecule has 0 spiro atoms. The number of ether oxygens (including phenoxy) is 1. The van der Waals surface area contributed by atoms with Gasteiger partial charge in [-0.05, 0) is 56.5 Å². The monoisotopic (exact) mass is 430 g/mol. The van der Waals surface area contributed by atoms with Crippen LogP contribution in [0.1, 0.15) is 61.8 Å². The van der Waals surface area contributed by atoms with Gasteiger partial charge in [0, 0.05) is 24.7 Å². The fourth-order valence-electron chi connectivity index (χ4n) is 2.10. The lowest BCUT2D eigenvalue weighted by atomic mass is 10.0. The van der Waals surface area contributed by atoms with Crippen LogP contribution in [-0.2, 0) is 18.4 Å². The van der Waals surface area contributed by atoms with Gasteiger partial charge in [0.15, 0.2) is 16.6 Å². The standard InChI is InChI=1S/C22H46O4Si2/c1-13-24-20(23)18(2)16-19(17-26-28(11,12)22(6,7)8)14-15-25-27(9,10)21(3,4)5/h16,19H,13-15,17H2,1-12H3/b18-16+/t19-/m0/s1. The molecule has 0 aliphatic carbocycles. The summed E-state index contributed by atoms with van der Waals surface area (Å²) in [5, 5.41) is 0.353. The molecule has 0 fully saturated rings. The van der Waals surface area contributed by atoms with Crippen LogP contribution in [0, 0.1) is 5.92 Å². The third kappa shape index (κ3) is 8.93. The molecule has 0 amide bonds. The van der Waals surface area contributed by atoms with Gasteiger partial charge < -0.3 is 13.6 Å². The largest absolute Gasteiger partial charge is 0.463 e. The van der Waals surface area contributed by atoms with Crippen molar-refractivity contribution in [3.8, 4) is 0 Å². The van der Waals surface area contributed by atoms with Gasteiger partial charge >= 0.3 is 5.97 Å². The molecule has 0 aliphatic heterocycles. The second-order valence-electron chi connectivity index (χ2n) is 10.8. The summed E-state index contributed by atoms with van der Waals surface area (Å²) in [5.74, 6) is -0.103. The first-order valence-electron chi connectivity index (χ1n) is 10.6. The average Bonchev–Trinajstić information content (AvgIpc) is 2.50. The van der Waals surface area contributed by atoms with Crippen LogP contribution in [-0.4, -0.2) is 42.4 Å². The van der Waals surface area contributed by atoms with E-state index in [0.717, 1.165) is 6.42 Å². The van der Waals surface area contributed by atoms with E-state index < -0.39 is 16.6 Å². The zero-order chi connectivity index (χ0) is 22.4. The fraction of sp³-hybridized carbons (Fsp3) is 0.864. The van der Waals surface area contributed by atoms with E-state index in [-0.39, 0.29) is 22.0 Å². The lowest BCUT2D eigenvalue weighted by molar-refractivity contribution is -0.138. The lowest BCUT2D eigenvalue weighted by Crippen LogP contribution is -2.42. The van der Waals surface area contributed by atoms with Crippen LogP contribution in [0.3, 0.4) is 0 Å². The predicted molar refractivity (Wildman–Crippen MR) is 125 cm³/mol. The minimum Gasteiger partial charge on any atom is -0.463 e. The van der Waals surface area contributed by atoms with Gasteiger partial charge in [0.05, 0.1) is 6.61 Å². The molecule has 0 heterocycles. The summed E-state index contributed by atoms with van der Waals surface area (Å²) < 4.78 is 18.0. The molecule has 0 aliphatic rings. The van der Waals surface area contributed by atoms with Crippen LogP contribution >= 0.6 is 0 Å². The van der Waals surface area contributed by atoms with E-state index in [1.165, 1.54) is 0 Å². The van der Waals surface area contributed by atoms with Crippen molar-refractivity contribution >= 4 is 22.6 Å². The number of hydrogen-bond acceptors (Lipinski definition) is 4. The van der Waals surface area contributed by atoms with E-state index in [1.54, 1.807) is 0 Å². The molecule has 0 aromatic carbocycles. The summed E-state index contributed by atoms with van der Waals surface area (Å²) in [6, 6.07) is 0. The minimum atomic E-state index is -1.84. The third-order valence-corrected chi connectivity index (χ3v) is 15.3. The average molecular weight is 431 g/mol. The number of esters is 1. The lowest BCUT2D eigenvalue weighted by Gasteiger charge is -2.38. The van der Waals surface area contributed by atoms with E-state index in [2.05, 4.69) is 67.7 Å². The van der Waals surface area contributed by atoms with Crippen LogP contribution in [0.2, 0.25) is 36.3 Å². The van der Waals surface area contributed by atoms with Crippen LogP contribution in [0.4, 0.5) is 0 Å². The highest BCUT2D eigenvalue weighted by atomic mass is 28.4. The minimum absolute atomic E-state index is 0.142. The van der Waals surface area contributed by atoms with E-state index >= 15 is 0 Å². The van der Waals surface area contributed by atoms with Gasteiger partial charge in [0.2, 0.25) is 0 Å². The Morgan fingerprint density at radius 2 is 1.39 bits per heavy atom. The highest BCUT2D eigenvalue weighted by molar-refractivity contribution is 6.74. The van der Waals surface area contributed by atoms with E-state index in [1.807, 2.05) is 19.9 Å². The molecule has 0 unspecified atom stereocenters. The van der Waals surface area contributed by atoms with Crippen LogP contribution in [0.25, 0.3) is 0 Å². The van der Waals surface area contributed by atoms with Gasteiger partial charge in [0.25, 0.3) is 0 Å². The van der Waals surface area contributed by atoms with Crippen LogP contribution in [0.15, 0.2) is 11.6 Å². The highest BCUT2D eigenvalue weighted by Crippen LogP contribution is 2.38. The summed E-state index contributed by atoms with van der Waals surface area (Å²) >= 11 is 0. The number of carbonyl (C=O) groups is 1. The molecule has 0 aromatic heterocycles. The second kappa shape index (κ2) is 10.6. The number of rotatable bonds is 10. The second-order valence-corrected chi connectivity index (χ2v) is 20.4. The van der Waals surface area contributed by atoms with Crippen molar-refractivity contribution in [1.29, 1.82) is 0 Å². The molecule has 166 valence electrons. The normalized spacial score (nSPS) is 15.5. The van der Waals surface area contributed by atoms with E-state index in [4.69, 9.17) is 13.6 Å². The predicted octanol–water partition coefficient (Wildman–Crippen LogP) is 6.55. The Bertz CT molecular complexity index is 526. The summed E-state index contributed by atoms with van der Waals surface area (Å²) in [7, 11) is -3.62. The first-order chi connectivity index (χ1) is 12.4. The molecule has 0 saturated heterocycles. The third-order valence-electron chi connectivity index (χ3n) is 6.31. The number of carbonyl (C=O) groups excluding carboxylic acids is 1. The van der Waals surface area contributed by atoms with Gasteiger partial charge in [-0.1, -0.05) is 47.6 Å². The van der Waals surface area contributed by atoms with E-state index in [9.17, 15) is 4.79 Å². The molecule has 0 N–H and O–H groups in total. The molecule has 0 aromatic rings. The Morgan fingerprint density at radius 1 is 0.929 bits per heavy atom. The first-order valence-corrected chi connectivity index (χ1v) is 16.4. The molecule has 1 atom stereocenters. The Morgan fingerprint density at radius 3 is 1.82 bits per heavy atom. The molecular formula is C22H46O4Si2. The summed E-state index contributed by atoms with van der Waals surface area (Å²) in [4.78, 5) is 12.1. The maximum absolute atomic E-state index is 12.1. The molecular weight excluding hydrogens is 384 g/mol. The van der Waals surface area contributed by atoms with Crippen molar-refractivity contribution in [2.45, 2.75) is 98.1 Å². The smallest absolute Gasteiger partial charge is 0.333 e. The fourth-order valence-corrected chi connectivity index (χ4v) is 4.22. The maximum Gasteiger partial charge on any atom is 0.333 e. The van der Waals surface area contributed by atoms with Crippen molar-refractivity contribution in [1.82, 2.24) is 0 Å². The zero-order valence-corrected chi connectivity index (χ0v) is 22.6. The summed E-state index contributed by atoms with van der Waals surface area (Å²) in [5.41, 5.74) is 0.651. The Hall–Kier alpha value is -0.436. The molecule has 0 rings (SSSR count). The van der Waals surface area contributed by atoms with Gasteiger partial charge in [0.1, 0.15) is 0 Å². The van der Waals surface area contributed by atoms with Crippen molar-refractivity contribution in [2.24, 2.45) is 5.92 Å². The summed E-state index contributed by atoms with van der Waals surface area (Å²) in [6.07, 6.45) is 2.86. The quantitative estimate of drug-likeness (QED) is 0.224. The Kier molecular flexibility index (Phi) is 10.4. The van der Waals surface area contributed by atoms with Crippen molar-refractivity contribution in [2.75, 3.05) is 19.8 Å². The summed E-state index contributed by atoms with van der Waals surface area (Å²) in [6.45, 7) is 27.9. The molecule has 6 heteroatoms. The molecule has 0 bridgehead atoms. The SMILES string of the molecule is CCOC(=O)/C(C)=C/[C@H](CCO[Si](C)(C)C(C)(C)C)CO[Si](C)(C)C(C)(C)C. The number of hydrogen-bond donors (Lipinski definition) is 0. The van der Waals surface area contributed by atoms with Gasteiger partial charge in [-0.15, -0.1) is 0 Å². The van der Waals surface area contributed by atoms with Crippen molar-refractivity contribution in [3.63, 3.8) is 0 Å². The van der Waals surface area contributed by atoms with Gasteiger partial charge in [-0.25, -0.2) is 4.79 Å².